The molecule has 0 heterocycles. The fourth-order valence-electron chi connectivity index (χ4n) is 2.42. The zero-order valence-electron chi connectivity index (χ0n) is 12.6. The Labute approximate surface area is 121 Å². The summed E-state index contributed by atoms with van der Waals surface area (Å²) < 4.78 is 5.32. The van der Waals surface area contributed by atoms with Crippen LogP contribution in [0.5, 0.6) is 5.75 Å². The molecular formula is C17H24N2O. The number of fused-ring (bicyclic) bond motifs is 1. The van der Waals surface area contributed by atoms with Crippen LogP contribution in [0.15, 0.2) is 36.4 Å². The van der Waals surface area contributed by atoms with Crippen LogP contribution in [-0.4, -0.2) is 38.2 Å². The number of benzene rings is 2. The van der Waals surface area contributed by atoms with Gasteiger partial charge in [0, 0.05) is 24.2 Å². The Morgan fingerprint density at radius 3 is 2.60 bits per heavy atom. The lowest BCUT2D eigenvalue weighted by Crippen LogP contribution is -2.28. The Hall–Kier alpha value is -1.74. The number of hydrogen-bond acceptors (Lipinski definition) is 3. The summed E-state index contributed by atoms with van der Waals surface area (Å²) in [5, 5.41) is 5.99. The van der Waals surface area contributed by atoms with E-state index < -0.39 is 0 Å². The molecule has 0 radical (unpaired) electrons. The van der Waals surface area contributed by atoms with Crippen molar-refractivity contribution >= 4 is 16.5 Å². The molecule has 108 valence electrons. The van der Waals surface area contributed by atoms with Gasteiger partial charge >= 0.3 is 0 Å². The van der Waals surface area contributed by atoms with Gasteiger partial charge in [0.2, 0.25) is 0 Å². The molecule has 0 saturated heterocycles. The van der Waals surface area contributed by atoms with Crippen molar-refractivity contribution in [2.75, 3.05) is 38.6 Å². The lowest BCUT2D eigenvalue weighted by Gasteiger charge is -2.19. The average molecular weight is 272 g/mol. The number of hydrogen-bond donors (Lipinski definition) is 1. The quantitative estimate of drug-likeness (QED) is 0.833. The fourth-order valence-corrected chi connectivity index (χ4v) is 2.42. The number of methoxy groups -OCH3 is 1. The molecule has 2 aromatic rings. The lowest BCUT2D eigenvalue weighted by molar-refractivity contribution is 0.316. The summed E-state index contributed by atoms with van der Waals surface area (Å²) in [5.41, 5.74) is 1.17. The van der Waals surface area contributed by atoms with Crippen molar-refractivity contribution in [1.29, 1.82) is 0 Å². The highest BCUT2D eigenvalue weighted by atomic mass is 16.5. The Morgan fingerprint density at radius 2 is 1.90 bits per heavy atom. The molecule has 0 saturated carbocycles. The predicted octanol–water partition coefficient (Wildman–Crippen LogP) is 3.60. The Kier molecular flexibility index (Phi) is 5.24. The van der Waals surface area contributed by atoms with Crippen molar-refractivity contribution in [2.45, 2.75) is 13.8 Å². The maximum absolute atomic E-state index is 5.32. The summed E-state index contributed by atoms with van der Waals surface area (Å²) in [7, 11) is 1.71. The lowest BCUT2D eigenvalue weighted by atomic mass is 10.1. The van der Waals surface area contributed by atoms with E-state index in [1.54, 1.807) is 7.11 Å². The van der Waals surface area contributed by atoms with E-state index >= 15 is 0 Å². The molecule has 3 heteroatoms. The maximum atomic E-state index is 5.32. The average Bonchev–Trinajstić information content (AvgIpc) is 2.51. The van der Waals surface area contributed by atoms with Gasteiger partial charge in [0.15, 0.2) is 0 Å². The number of nitrogens with zero attached hydrogens (tertiary/aromatic N) is 1. The molecule has 0 aliphatic heterocycles. The van der Waals surface area contributed by atoms with Gasteiger partial charge in [0.05, 0.1) is 7.11 Å². The van der Waals surface area contributed by atoms with Crippen LogP contribution in [0.3, 0.4) is 0 Å². The largest absolute Gasteiger partial charge is 0.497 e. The van der Waals surface area contributed by atoms with E-state index in [0.717, 1.165) is 31.9 Å². The number of likely N-dealkylation sites (N-methyl/N-ethyl adjacent to an activating group) is 1. The van der Waals surface area contributed by atoms with Crippen LogP contribution < -0.4 is 10.1 Å². The van der Waals surface area contributed by atoms with Crippen LogP contribution in [0.1, 0.15) is 13.8 Å². The minimum absolute atomic E-state index is 0.899. The Bertz CT molecular complexity index is 550. The third-order valence-corrected chi connectivity index (χ3v) is 3.73. The van der Waals surface area contributed by atoms with E-state index in [1.807, 2.05) is 6.07 Å². The highest BCUT2D eigenvalue weighted by Crippen LogP contribution is 2.27. The minimum atomic E-state index is 0.899. The second kappa shape index (κ2) is 7.15. The van der Waals surface area contributed by atoms with Gasteiger partial charge in [-0.15, -0.1) is 0 Å². The van der Waals surface area contributed by atoms with E-state index in [2.05, 4.69) is 54.4 Å². The van der Waals surface area contributed by atoms with E-state index in [4.69, 9.17) is 4.74 Å². The molecule has 0 aliphatic carbocycles. The van der Waals surface area contributed by atoms with Gasteiger partial charge in [-0.05, 0) is 36.7 Å². The molecule has 2 rings (SSSR count). The smallest absolute Gasteiger partial charge is 0.119 e. The van der Waals surface area contributed by atoms with Gasteiger partial charge in [-0.2, -0.15) is 0 Å². The van der Waals surface area contributed by atoms with Crippen molar-refractivity contribution in [1.82, 2.24) is 4.90 Å². The summed E-state index contributed by atoms with van der Waals surface area (Å²) in [6.07, 6.45) is 0. The predicted molar refractivity (Wildman–Crippen MR) is 86.8 cm³/mol. The van der Waals surface area contributed by atoms with Crippen molar-refractivity contribution in [3.63, 3.8) is 0 Å². The van der Waals surface area contributed by atoms with Crippen LogP contribution in [0, 0.1) is 0 Å². The molecule has 0 fully saturated rings. The van der Waals surface area contributed by atoms with Gasteiger partial charge in [-0.3, -0.25) is 0 Å². The molecule has 20 heavy (non-hydrogen) atoms. The van der Waals surface area contributed by atoms with Gasteiger partial charge in [-0.1, -0.05) is 32.0 Å². The topological polar surface area (TPSA) is 24.5 Å². The molecule has 0 aliphatic rings. The van der Waals surface area contributed by atoms with Crippen LogP contribution in [0.2, 0.25) is 0 Å². The first-order chi connectivity index (χ1) is 9.78. The molecule has 0 amide bonds. The first kappa shape index (κ1) is 14.7. The summed E-state index contributed by atoms with van der Waals surface area (Å²) in [6.45, 7) is 8.62. The number of anilines is 1. The third-order valence-electron chi connectivity index (χ3n) is 3.73. The van der Waals surface area contributed by atoms with Gasteiger partial charge in [-0.25, -0.2) is 0 Å². The zero-order chi connectivity index (χ0) is 14.4. The van der Waals surface area contributed by atoms with Crippen LogP contribution in [-0.2, 0) is 0 Å². The molecule has 3 nitrogen and oxygen atoms in total. The van der Waals surface area contributed by atoms with Crippen molar-refractivity contribution in [2.24, 2.45) is 0 Å². The Morgan fingerprint density at radius 1 is 1.10 bits per heavy atom. The van der Waals surface area contributed by atoms with Crippen LogP contribution in [0.25, 0.3) is 10.8 Å². The molecule has 0 unspecified atom stereocenters. The molecule has 0 bridgehead atoms. The van der Waals surface area contributed by atoms with E-state index in [0.29, 0.717) is 0 Å². The third kappa shape index (κ3) is 3.42. The first-order valence-corrected chi connectivity index (χ1v) is 7.31. The number of nitrogens with one attached hydrogen (secondary N) is 1. The number of rotatable bonds is 7. The van der Waals surface area contributed by atoms with E-state index in [1.165, 1.54) is 16.5 Å². The highest BCUT2D eigenvalue weighted by Gasteiger charge is 2.03. The highest BCUT2D eigenvalue weighted by molar-refractivity contribution is 5.94. The van der Waals surface area contributed by atoms with Gasteiger partial charge in [0.1, 0.15) is 5.75 Å². The molecule has 0 atom stereocenters. The maximum Gasteiger partial charge on any atom is 0.119 e. The minimum Gasteiger partial charge on any atom is -0.497 e. The zero-order valence-corrected chi connectivity index (χ0v) is 12.6. The summed E-state index contributed by atoms with van der Waals surface area (Å²) >= 11 is 0. The van der Waals surface area contributed by atoms with Gasteiger partial charge < -0.3 is 15.0 Å². The van der Waals surface area contributed by atoms with Gasteiger partial charge in [0.25, 0.3) is 0 Å². The molecule has 1 N–H and O–H groups in total. The fraction of sp³-hybridized carbons (Fsp3) is 0.412. The first-order valence-electron chi connectivity index (χ1n) is 7.31. The van der Waals surface area contributed by atoms with E-state index in [9.17, 15) is 0 Å². The van der Waals surface area contributed by atoms with Crippen molar-refractivity contribution < 1.29 is 4.74 Å². The standard InChI is InChI=1S/C17H24N2O/c1-4-19(5-2)12-11-18-17-8-6-7-14-9-10-15(20-3)13-16(14)17/h6-10,13,18H,4-5,11-12H2,1-3H3. The second-order valence-corrected chi connectivity index (χ2v) is 4.85. The summed E-state index contributed by atoms with van der Waals surface area (Å²) in [4.78, 5) is 2.42. The monoisotopic (exact) mass is 272 g/mol. The SMILES string of the molecule is CCN(CC)CCNc1cccc2ccc(OC)cc12. The molecule has 0 spiro atoms. The normalized spacial score (nSPS) is 11.0. The summed E-state index contributed by atoms with van der Waals surface area (Å²) in [5.74, 6) is 0.899. The Balaban J connectivity index is 2.13. The van der Waals surface area contributed by atoms with Crippen LogP contribution >= 0.6 is 0 Å². The van der Waals surface area contributed by atoms with Crippen molar-refractivity contribution in [3.05, 3.63) is 36.4 Å². The summed E-state index contributed by atoms with van der Waals surface area (Å²) in [6, 6.07) is 12.5. The molecule has 2 aromatic carbocycles. The second-order valence-electron chi connectivity index (χ2n) is 4.85. The van der Waals surface area contributed by atoms with E-state index in [-0.39, 0.29) is 0 Å². The molecular weight excluding hydrogens is 248 g/mol. The van der Waals surface area contributed by atoms with Crippen molar-refractivity contribution in [3.8, 4) is 5.75 Å². The molecule has 0 aromatic heterocycles. The number of ether oxygens (including phenoxy) is 1. The van der Waals surface area contributed by atoms with Crippen LogP contribution in [0.4, 0.5) is 5.69 Å².